The first kappa shape index (κ1) is 15.7. The molecule has 0 aromatic carbocycles. The van der Waals surface area contributed by atoms with E-state index in [2.05, 4.69) is 17.3 Å². The molecule has 0 fully saturated rings. The minimum atomic E-state index is -0.322. The molecule has 0 spiro atoms. The van der Waals surface area contributed by atoms with Gasteiger partial charge in [0, 0.05) is 33.4 Å². The van der Waals surface area contributed by atoms with Gasteiger partial charge in [-0.2, -0.15) is 5.10 Å². The standard InChI is InChI=1S/C13H23N3O3/c1-5-19-13(17)11-8-15-16(3)12(11)9-14-10(2)6-7-18-4/h8,10,14H,5-7,9H2,1-4H3. The van der Waals surface area contributed by atoms with Gasteiger partial charge in [-0.3, -0.25) is 4.68 Å². The zero-order valence-corrected chi connectivity index (χ0v) is 12.1. The highest BCUT2D eigenvalue weighted by Crippen LogP contribution is 2.09. The van der Waals surface area contributed by atoms with Gasteiger partial charge in [-0.25, -0.2) is 4.79 Å². The van der Waals surface area contributed by atoms with E-state index in [9.17, 15) is 4.79 Å². The first-order chi connectivity index (χ1) is 9.10. The van der Waals surface area contributed by atoms with E-state index in [4.69, 9.17) is 9.47 Å². The van der Waals surface area contributed by atoms with Gasteiger partial charge >= 0.3 is 5.97 Å². The number of hydrogen-bond acceptors (Lipinski definition) is 5. The number of hydrogen-bond donors (Lipinski definition) is 1. The number of rotatable bonds is 8. The summed E-state index contributed by atoms with van der Waals surface area (Å²) in [6.45, 7) is 5.53. The maximum atomic E-state index is 11.8. The van der Waals surface area contributed by atoms with E-state index in [-0.39, 0.29) is 5.97 Å². The normalized spacial score (nSPS) is 12.4. The summed E-state index contributed by atoms with van der Waals surface area (Å²) in [7, 11) is 3.51. The quantitative estimate of drug-likeness (QED) is 0.716. The second-order valence-electron chi connectivity index (χ2n) is 4.41. The molecule has 0 aliphatic heterocycles. The van der Waals surface area contributed by atoms with Crippen LogP contribution < -0.4 is 5.32 Å². The van der Waals surface area contributed by atoms with Crippen LogP contribution in [-0.4, -0.2) is 42.1 Å². The highest BCUT2D eigenvalue weighted by atomic mass is 16.5. The van der Waals surface area contributed by atoms with E-state index in [1.54, 1.807) is 24.9 Å². The summed E-state index contributed by atoms with van der Waals surface area (Å²) >= 11 is 0. The summed E-state index contributed by atoms with van der Waals surface area (Å²) < 4.78 is 11.7. The van der Waals surface area contributed by atoms with Crippen molar-refractivity contribution >= 4 is 5.97 Å². The molecule has 19 heavy (non-hydrogen) atoms. The Bertz CT molecular complexity index is 404. The summed E-state index contributed by atoms with van der Waals surface area (Å²) in [4.78, 5) is 11.8. The molecule has 0 saturated heterocycles. The Hall–Kier alpha value is -1.40. The maximum absolute atomic E-state index is 11.8. The van der Waals surface area contributed by atoms with E-state index in [1.165, 1.54) is 0 Å². The van der Waals surface area contributed by atoms with Crippen LogP contribution in [0.5, 0.6) is 0 Å². The predicted octanol–water partition coefficient (Wildman–Crippen LogP) is 1.11. The third-order valence-corrected chi connectivity index (χ3v) is 2.93. The molecule has 0 radical (unpaired) electrons. The molecule has 6 heteroatoms. The Balaban J connectivity index is 2.62. The Labute approximate surface area is 114 Å². The SMILES string of the molecule is CCOC(=O)c1cnn(C)c1CNC(C)CCOC. The molecule has 1 rings (SSSR count). The van der Waals surface area contributed by atoms with Crippen LogP contribution in [0.2, 0.25) is 0 Å². The number of aryl methyl sites for hydroxylation is 1. The molecule has 0 aliphatic carbocycles. The van der Waals surface area contributed by atoms with Crippen molar-refractivity contribution in [1.29, 1.82) is 0 Å². The van der Waals surface area contributed by atoms with E-state index < -0.39 is 0 Å². The first-order valence-electron chi connectivity index (χ1n) is 6.50. The van der Waals surface area contributed by atoms with Crippen LogP contribution in [0.15, 0.2) is 6.20 Å². The van der Waals surface area contributed by atoms with Crippen LogP contribution in [0.4, 0.5) is 0 Å². The lowest BCUT2D eigenvalue weighted by Crippen LogP contribution is -2.28. The van der Waals surface area contributed by atoms with Gasteiger partial charge in [0.15, 0.2) is 0 Å². The van der Waals surface area contributed by atoms with Gasteiger partial charge in [-0.05, 0) is 20.3 Å². The number of aromatic nitrogens is 2. The van der Waals surface area contributed by atoms with Gasteiger partial charge in [-0.15, -0.1) is 0 Å². The van der Waals surface area contributed by atoms with Crippen molar-refractivity contribution in [3.63, 3.8) is 0 Å². The van der Waals surface area contributed by atoms with E-state index in [1.807, 2.05) is 7.05 Å². The highest BCUT2D eigenvalue weighted by molar-refractivity contribution is 5.90. The van der Waals surface area contributed by atoms with Gasteiger partial charge < -0.3 is 14.8 Å². The number of nitrogens with zero attached hydrogens (tertiary/aromatic N) is 2. The molecule has 1 aromatic rings. The molecule has 108 valence electrons. The Morgan fingerprint density at radius 3 is 2.95 bits per heavy atom. The summed E-state index contributed by atoms with van der Waals surface area (Å²) in [5, 5.41) is 7.46. The number of nitrogens with one attached hydrogen (secondary N) is 1. The van der Waals surface area contributed by atoms with Crippen molar-refractivity contribution in [3.05, 3.63) is 17.5 Å². The van der Waals surface area contributed by atoms with Crippen LogP contribution in [0.25, 0.3) is 0 Å². The van der Waals surface area contributed by atoms with Crippen LogP contribution in [-0.2, 0) is 23.1 Å². The fourth-order valence-electron chi connectivity index (χ4n) is 1.72. The third-order valence-electron chi connectivity index (χ3n) is 2.93. The van der Waals surface area contributed by atoms with Crippen LogP contribution in [0.1, 0.15) is 36.3 Å². The first-order valence-corrected chi connectivity index (χ1v) is 6.50. The molecular formula is C13H23N3O3. The summed E-state index contributed by atoms with van der Waals surface area (Å²) in [6, 6.07) is 0.310. The minimum absolute atomic E-state index is 0.310. The van der Waals surface area contributed by atoms with Crippen LogP contribution >= 0.6 is 0 Å². The van der Waals surface area contributed by atoms with Gasteiger partial charge in [0.05, 0.1) is 18.5 Å². The summed E-state index contributed by atoms with van der Waals surface area (Å²) in [6.07, 6.45) is 2.47. The highest BCUT2D eigenvalue weighted by Gasteiger charge is 2.17. The second kappa shape index (κ2) is 7.91. The van der Waals surface area contributed by atoms with Gasteiger partial charge in [0.2, 0.25) is 0 Å². The van der Waals surface area contributed by atoms with Gasteiger partial charge in [0.1, 0.15) is 5.56 Å². The third kappa shape index (κ3) is 4.65. The average Bonchev–Trinajstić information content (AvgIpc) is 2.75. The molecule has 1 heterocycles. The van der Waals surface area contributed by atoms with Crippen molar-refractivity contribution in [1.82, 2.24) is 15.1 Å². The minimum Gasteiger partial charge on any atom is -0.462 e. The molecule has 1 aromatic heterocycles. The van der Waals surface area contributed by atoms with Gasteiger partial charge in [0.25, 0.3) is 0 Å². The maximum Gasteiger partial charge on any atom is 0.341 e. The summed E-state index contributed by atoms with van der Waals surface area (Å²) in [5.74, 6) is -0.322. The largest absolute Gasteiger partial charge is 0.462 e. The van der Waals surface area contributed by atoms with Crippen LogP contribution in [0.3, 0.4) is 0 Å². The molecule has 1 atom stereocenters. The number of carbonyl (C=O) groups is 1. The Kier molecular flexibility index (Phi) is 6.52. The van der Waals surface area contributed by atoms with Crippen molar-refractivity contribution in [2.75, 3.05) is 20.3 Å². The monoisotopic (exact) mass is 269 g/mol. The molecule has 1 N–H and O–H groups in total. The van der Waals surface area contributed by atoms with Crippen molar-refractivity contribution in [2.45, 2.75) is 32.9 Å². The zero-order valence-electron chi connectivity index (χ0n) is 12.1. The van der Waals surface area contributed by atoms with E-state index in [0.717, 1.165) is 12.1 Å². The zero-order chi connectivity index (χ0) is 14.3. The van der Waals surface area contributed by atoms with E-state index in [0.29, 0.717) is 31.4 Å². The molecule has 0 bridgehead atoms. The Morgan fingerprint density at radius 2 is 2.32 bits per heavy atom. The number of ether oxygens (including phenoxy) is 2. The number of methoxy groups -OCH3 is 1. The molecule has 1 unspecified atom stereocenters. The fourth-order valence-corrected chi connectivity index (χ4v) is 1.72. The Morgan fingerprint density at radius 1 is 1.58 bits per heavy atom. The van der Waals surface area contributed by atoms with Crippen molar-refractivity contribution in [2.24, 2.45) is 7.05 Å². The average molecular weight is 269 g/mol. The van der Waals surface area contributed by atoms with Crippen molar-refractivity contribution in [3.8, 4) is 0 Å². The lowest BCUT2D eigenvalue weighted by atomic mass is 10.2. The molecule has 0 aliphatic rings. The molecule has 6 nitrogen and oxygen atoms in total. The lowest BCUT2D eigenvalue weighted by Gasteiger charge is -2.14. The summed E-state index contributed by atoms with van der Waals surface area (Å²) in [5.41, 5.74) is 1.36. The second-order valence-corrected chi connectivity index (χ2v) is 4.41. The predicted molar refractivity (Wildman–Crippen MR) is 72.0 cm³/mol. The van der Waals surface area contributed by atoms with Crippen LogP contribution in [0, 0.1) is 0 Å². The van der Waals surface area contributed by atoms with E-state index >= 15 is 0 Å². The molecule has 0 amide bonds. The molecular weight excluding hydrogens is 246 g/mol. The topological polar surface area (TPSA) is 65.4 Å². The fraction of sp³-hybridized carbons (Fsp3) is 0.692. The van der Waals surface area contributed by atoms with Gasteiger partial charge in [-0.1, -0.05) is 0 Å². The smallest absolute Gasteiger partial charge is 0.341 e. The molecule has 0 saturated carbocycles. The number of carbonyl (C=O) groups excluding carboxylic acids is 1. The lowest BCUT2D eigenvalue weighted by molar-refractivity contribution is 0.0524. The number of esters is 1. The van der Waals surface area contributed by atoms with Crippen molar-refractivity contribution < 1.29 is 14.3 Å².